The van der Waals surface area contributed by atoms with Gasteiger partial charge in [-0.2, -0.15) is 0 Å². The number of ether oxygens (including phenoxy) is 2. The van der Waals surface area contributed by atoms with Crippen LogP contribution in [0.5, 0.6) is 17.2 Å². The maximum absolute atomic E-state index is 13.2. The SMILES string of the molecule is Fc1cccc(Oc2ccc(Br)cc2OC2CNC2)c1. The Morgan fingerprint density at radius 1 is 1.10 bits per heavy atom. The summed E-state index contributed by atoms with van der Waals surface area (Å²) in [4.78, 5) is 0. The molecule has 0 amide bonds. The lowest BCUT2D eigenvalue weighted by Gasteiger charge is -2.28. The van der Waals surface area contributed by atoms with E-state index in [1.807, 2.05) is 12.1 Å². The third kappa shape index (κ3) is 3.11. The summed E-state index contributed by atoms with van der Waals surface area (Å²) in [6.07, 6.45) is 0.152. The van der Waals surface area contributed by atoms with Crippen molar-refractivity contribution in [3.63, 3.8) is 0 Å². The lowest BCUT2D eigenvalue weighted by Crippen LogP contribution is -2.50. The first-order valence-corrected chi connectivity index (χ1v) is 7.10. The summed E-state index contributed by atoms with van der Waals surface area (Å²) < 4.78 is 25.7. The van der Waals surface area contributed by atoms with E-state index in [0.717, 1.165) is 17.6 Å². The van der Waals surface area contributed by atoms with E-state index in [4.69, 9.17) is 9.47 Å². The maximum Gasteiger partial charge on any atom is 0.169 e. The van der Waals surface area contributed by atoms with Gasteiger partial charge in [-0.1, -0.05) is 22.0 Å². The molecule has 20 heavy (non-hydrogen) atoms. The fraction of sp³-hybridized carbons (Fsp3) is 0.200. The molecule has 1 aliphatic heterocycles. The van der Waals surface area contributed by atoms with Crippen molar-refractivity contribution in [2.24, 2.45) is 0 Å². The van der Waals surface area contributed by atoms with Gasteiger partial charge in [0.25, 0.3) is 0 Å². The van der Waals surface area contributed by atoms with E-state index >= 15 is 0 Å². The van der Waals surface area contributed by atoms with Crippen molar-refractivity contribution in [1.82, 2.24) is 5.32 Å². The average molecular weight is 338 g/mol. The molecule has 104 valence electrons. The molecule has 2 aromatic carbocycles. The van der Waals surface area contributed by atoms with Crippen molar-refractivity contribution >= 4 is 15.9 Å². The van der Waals surface area contributed by atoms with Crippen molar-refractivity contribution in [3.8, 4) is 17.2 Å². The van der Waals surface area contributed by atoms with Gasteiger partial charge in [0.2, 0.25) is 0 Å². The van der Waals surface area contributed by atoms with Gasteiger partial charge in [-0.15, -0.1) is 0 Å². The summed E-state index contributed by atoms with van der Waals surface area (Å²) >= 11 is 3.41. The van der Waals surface area contributed by atoms with Gasteiger partial charge in [-0.25, -0.2) is 4.39 Å². The van der Waals surface area contributed by atoms with E-state index in [1.54, 1.807) is 18.2 Å². The normalized spacial score (nSPS) is 14.7. The van der Waals surface area contributed by atoms with E-state index in [-0.39, 0.29) is 11.9 Å². The lowest BCUT2D eigenvalue weighted by atomic mass is 10.2. The smallest absolute Gasteiger partial charge is 0.169 e. The summed E-state index contributed by atoms with van der Waals surface area (Å²) in [6, 6.07) is 11.6. The van der Waals surface area contributed by atoms with Crippen LogP contribution < -0.4 is 14.8 Å². The van der Waals surface area contributed by atoms with Gasteiger partial charge in [-0.3, -0.25) is 0 Å². The predicted octanol–water partition coefficient (Wildman–Crippen LogP) is 3.73. The molecule has 1 aliphatic rings. The number of benzene rings is 2. The first kappa shape index (κ1) is 13.4. The van der Waals surface area contributed by atoms with Gasteiger partial charge in [0.15, 0.2) is 11.5 Å². The third-order valence-electron chi connectivity index (χ3n) is 2.97. The first-order valence-electron chi connectivity index (χ1n) is 6.31. The second-order valence-corrected chi connectivity index (χ2v) is 5.46. The summed E-state index contributed by atoms with van der Waals surface area (Å²) in [5.74, 6) is 1.34. The highest BCUT2D eigenvalue weighted by atomic mass is 79.9. The number of halogens is 2. The van der Waals surface area contributed by atoms with E-state index in [1.165, 1.54) is 12.1 Å². The number of rotatable bonds is 4. The first-order chi connectivity index (χ1) is 9.70. The molecule has 5 heteroatoms. The fourth-order valence-electron chi connectivity index (χ4n) is 1.84. The highest BCUT2D eigenvalue weighted by Crippen LogP contribution is 2.35. The van der Waals surface area contributed by atoms with E-state index < -0.39 is 0 Å². The predicted molar refractivity (Wildman–Crippen MR) is 77.9 cm³/mol. The molecule has 3 rings (SSSR count). The van der Waals surface area contributed by atoms with Crippen molar-refractivity contribution < 1.29 is 13.9 Å². The standard InChI is InChI=1S/C15H13BrFNO2/c16-10-4-5-14(15(6-10)20-13-8-18-9-13)19-12-3-1-2-11(17)7-12/h1-7,13,18H,8-9H2. The highest BCUT2D eigenvalue weighted by Gasteiger charge is 2.20. The Kier molecular flexibility index (Phi) is 3.89. The molecule has 0 radical (unpaired) electrons. The van der Waals surface area contributed by atoms with Gasteiger partial charge in [-0.05, 0) is 30.3 Å². The van der Waals surface area contributed by atoms with E-state index in [0.29, 0.717) is 17.2 Å². The molecule has 1 N–H and O–H groups in total. The lowest BCUT2D eigenvalue weighted by molar-refractivity contribution is 0.138. The average Bonchev–Trinajstić information content (AvgIpc) is 2.37. The Hall–Kier alpha value is -1.59. The second-order valence-electron chi connectivity index (χ2n) is 4.55. The molecule has 0 saturated carbocycles. The van der Waals surface area contributed by atoms with E-state index in [9.17, 15) is 4.39 Å². The molecule has 0 unspecified atom stereocenters. The zero-order chi connectivity index (χ0) is 13.9. The van der Waals surface area contributed by atoms with Crippen LogP contribution >= 0.6 is 15.9 Å². The molecule has 1 heterocycles. The third-order valence-corrected chi connectivity index (χ3v) is 3.46. The molecule has 1 saturated heterocycles. The highest BCUT2D eigenvalue weighted by molar-refractivity contribution is 9.10. The van der Waals surface area contributed by atoms with Crippen molar-refractivity contribution in [2.45, 2.75) is 6.10 Å². The van der Waals surface area contributed by atoms with Crippen LogP contribution in [0.3, 0.4) is 0 Å². The van der Waals surface area contributed by atoms with Gasteiger partial charge in [0, 0.05) is 23.6 Å². The van der Waals surface area contributed by atoms with Gasteiger partial charge >= 0.3 is 0 Å². The summed E-state index contributed by atoms with van der Waals surface area (Å²) in [7, 11) is 0. The summed E-state index contributed by atoms with van der Waals surface area (Å²) in [5, 5.41) is 3.15. The maximum atomic E-state index is 13.2. The van der Waals surface area contributed by atoms with Crippen LogP contribution in [-0.4, -0.2) is 19.2 Å². The van der Waals surface area contributed by atoms with Crippen LogP contribution in [0.15, 0.2) is 46.9 Å². The van der Waals surface area contributed by atoms with E-state index in [2.05, 4.69) is 21.2 Å². The van der Waals surface area contributed by atoms with Crippen LogP contribution in [0.25, 0.3) is 0 Å². The minimum atomic E-state index is -0.328. The molecule has 0 spiro atoms. The minimum absolute atomic E-state index is 0.152. The second kappa shape index (κ2) is 5.81. The zero-order valence-corrected chi connectivity index (χ0v) is 12.2. The molecular formula is C15H13BrFNO2. The Labute approximate surface area is 124 Å². The van der Waals surface area contributed by atoms with Crippen LogP contribution in [0.1, 0.15) is 0 Å². The van der Waals surface area contributed by atoms with Gasteiger partial charge in [0.05, 0.1) is 0 Å². The topological polar surface area (TPSA) is 30.5 Å². The summed E-state index contributed by atoms with van der Waals surface area (Å²) in [5.41, 5.74) is 0. The fourth-order valence-corrected chi connectivity index (χ4v) is 2.18. The molecular weight excluding hydrogens is 325 g/mol. The molecule has 3 nitrogen and oxygen atoms in total. The van der Waals surface area contributed by atoms with Crippen LogP contribution in [0, 0.1) is 5.82 Å². The molecule has 2 aromatic rings. The molecule has 1 fully saturated rings. The van der Waals surface area contributed by atoms with Gasteiger partial charge in [0.1, 0.15) is 17.7 Å². The number of hydrogen-bond donors (Lipinski definition) is 1. The quantitative estimate of drug-likeness (QED) is 0.922. The largest absolute Gasteiger partial charge is 0.484 e. The zero-order valence-electron chi connectivity index (χ0n) is 10.6. The Bertz CT molecular complexity index is 617. The van der Waals surface area contributed by atoms with Gasteiger partial charge < -0.3 is 14.8 Å². The number of nitrogens with one attached hydrogen (secondary N) is 1. The minimum Gasteiger partial charge on any atom is -0.484 e. The molecule has 0 aliphatic carbocycles. The Morgan fingerprint density at radius 2 is 1.95 bits per heavy atom. The van der Waals surface area contributed by atoms with Crippen LogP contribution in [0.4, 0.5) is 4.39 Å². The molecule has 0 bridgehead atoms. The van der Waals surface area contributed by atoms with Crippen molar-refractivity contribution in [1.29, 1.82) is 0 Å². The van der Waals surface area contributed by atoms with Crippen molar-refractivity contribution in [3.05, 3.63) is 52.8 Å². The van der Waals surface area contributed by atoms with Crippen molar-refractivity contribution in [2.75, 3.05) is 13.1 Å². The monoisotopic (exact) mass is 337 g/mol. The Balaban J connectivity index is 1.83. The molecule has 0 aromatic heterocycles. The summed E-state index contributed by atoms with van der Waals surface area (Å²) in [6.45, 7) is 1.65. The molecule has 0 atom stereocenters. The Morgan fingerprint density at radius 3 is 2.65 bits per heavy atom. The van der Waals surface area contributed by atoms with Crippen LogP contribution in [0.2, 0.25) is 0 Å². The van der Waals surface area contributed by atoms with Crippen LogP contribution in [-0.2, 0) is 0 Å². The number of hydrogen-bond acceptors (Lipinski definition) is 3.